The van der Waals surface area contributed by atoms with Crippen molar-refractivity contribution in [1.82, 2.24) is 4.90 Å². The number of nitriles is 3. The van der Waals surface area contributed by atoms with Crippen LogP contribution in [0.5, 0.6) is 0 Å². The van der Waals surface area contributed by atoms with Crippen LogP contribution in [0.2, 0.25) is 0 Å². The summed E-state index contributed by atoms with van der Waals surface area (Å²) in [5.74, 6) is -0.288. The van der Waals surface area contributed by atoms with E-state index in [0.717, 1.165) is 43.6 Å². The van der Waals surface area contributed by atoms with Gasteiger partial charge in [-0.25, -0.2) is 0 Å². The summed E-state index contributed by atoms with van der Waals surface area (Å²) < 4.78 is 5.39. The maximum atomic E-state index is 9.60. The standard InChI is InChI=1S/C16H17N5O/c17-8-12-15(20)14-11(16(12,9-18)10-19)2-1-3-13(14)21-4-6-22-7-5-21/h11H,1-7,20H2/t11-/m0/s1. The number of hydrogen-bond acceptors (Lipinski definition) is 6. The summed E-state index contributed by atoms with van der Waals surface area (Å²) in [6.45, 7) is 2.90. The number of hydrogen-bond donors (Lipinski definition) is 1. The molecule has 3 rings (SSSR count). The zero-order chi connectivity index (χ0) is 15.7. The molecule has 0 radical (unpaired) electrons. The van der Waals surface area contributed by atoms with Crippen LogP contribution in [0.4, 0.5) is 0 Å². The quantitative estimate of drug-likeness (QED) is 0.777. The molecule has 22 heavy (non-hydrogen) atoms. The van der Waals surface area contributed by atoms with Gasteiger partial charge in [-0.05, 0) is 19.3 Å². The first-order chi connectivity index (χ1) is 10.7. The maximum Gasteiger partial charge on any atom is 0.187 e. The lowest BCUT2D eigenvalue weighted by atomic mass is 9.70. The Hall–Kier alpha value is -2.49. The Morgan fingerprint density at radius 2 is 1.86 bits per heavy atom. The van der Waals surface area contributed by atoms with Crippen molar-refractivity contribution in [3.05, 3.63) is 22.5 Å². The van der Waals surface area contributed by atoms with Crippen LogP contribution in [0.3, 0.4) is 0 Å². The highest BCUT2D eigenvalue weighted by Gasteiger charge is 2.54. The molecule has 6 heteroatoms. The van der Waals surface area contributed by atoms with E-state index in [0.29, 0.717) is 18.9 Å². The zero-order valence-corrected chi connectivity index (χ0v) is 12.3. The second-order valence-corrected chi connectivity index (χ2v) is 5.84. The summed E-state index contributed by atoms with van der Waals surface area (Å²) in [5.41, 5.74) is 7.21. The van der Waals surface area contributed by atoms with E-state index in [-0.39, 0.29) is 11.5 Å². The Balaban J connectivity index is 2.16. The second kappa shape index (κ2) is 5.37. The average molecular weight is 295 g/mol. The molecule has 2 aliphatic carbocycles. The monoisotopic (exact) mass is 295 g/mol. The fourth-order valence-electron chi connectivity index (χ4n) is 3.85. The second-order valence-electron chi connectivity index (χ2n) is 5.84. The number of rotatable bonds is 1. The Morgan fingerprint density at radius 1 is 1.18 bits per heavy atom. The van der Waals surface area contributed by atoms with Crippen molar-refractivity contribution >= 4 is 0 Å². The van der Waals surface area contributed by atoms with Crippen molar-refractivity contribution in [1.29, 1.82) is 15.8 Å². The van der Waals surface area contributed by atoms with Crippen LogP contribution in [-0.4, -0.2) is 31.2 Å². The van der Waals surface area contributed by atoms with E-state index in [9.17, 15) is 15.8 Å². The molecule has 0 aromatic heterocycles. The molecule has 3 aliphatic rings. The minimum atomic E-state index is -1.42. The molecule has 0 aromatic carbocycles. The van der Waals surface area contributed by atoms with E-state index in [1.54, 1.807) is 0 Å². The molecule has 2 N–H and O–H groups in total. The average Bonchev–Trinajstić information content (AvgIpc) is 2.84. The van der Waals surface area contributed by atoms with E-state index in [1.165, 1.54) is 0 Å². The van der Waals surface area contributed by atoms with Crippen LogP contribution in [0.15, 0.2) is 22.5 Å². The Morgan fingerprint density at radius 3 is 2.45 bits per heavy atom. The molecule has 0 aromatic rings. The van der Waals surface area contributed by atoms with E-state index < -0.39 is 5.41 Å². The molecule has 1 atom stereocenters. The van der Waals surface area contributed by atoms with Gasteiger partial charge in [-0.15, -0.1) is 0 Å². The highest BCUT2D eigenvalue weighted by molar-refractivity contribution is 5.61. The molecule has 1 saturated heterocycles. The molecular weight excluding hydrogens is 278 g/mol. The fraction of sp³-hybridized carbons (Fsp3) is 0.562. The molecule has 112 valence electrons. The third-order valence-corrected chi connectivity index (χ3v) is 4.90. The number of fused-ring (bicyclic) bond motifs is 1. The van der Waals surface area contributed by atoms with Gasteiger partial charge < -0.3 is 15.4 Å². The molecule has 1 aliphatic heterocycles. The highest BCUT2D eigenvalue weighted by atomic mass is 16.5. The largest absolute Gasteiger partial charge is 0.398 e. The Labute approximate surface area is 129 Å². The van der Waals surface area contributed by atoms with Gasteiger partial charge in [-0.1, -0.05) is 0 Å². The van der Waals surface area contributed by atoms with Crippen LogP contribution in [-0.2, 0) is 4.74 Å². The first-order valence-electron chi connectivity index (χ1n) is 7.48. The first-order valence-corrected chi connectivity index (χ1v) is 7.48. The summed E-state index contributed by atoms with van der Waals surface area (Å²) in [6.07, 6.45) is 2.49. The number of allylic oxidation sites excluding steroid dienone is 3. The van der Waals surface area contributed by atoms with Gasteiger partial charge in [0.15, 0.2) is 5.41 Å². The van der Waals surface area contributed by atoms with Gasteiger partial charge in [0, 0.05) is 30.3 Å². The van der Waals surface area contributed by atoms with Crippen molar-refractivity contribution in [3.8, 4) is 18.2 Å². The normalized spacial score (nSPS) is 27.0. The topological polar surface area (TPSA) is 110 Å². The first kappa shape index (κ1) is 14.4. The minimum absolute atomic E-state index is 0.130. The summed E-state index contributed by atoms with van der Waals surface area (Å²) in [5, 5.41) is 28.6. The molecule has 0 bridgehead atoms. The molecule has 0 saturated carbocycles. The van der Waals surface area contributed by atoms with Crippen LogP contribution >= 0.6 is 0 Å². The zero-order valence-electron chi connectivity index (χ0n) is 12.3. The van der Waals surface area contributed by atoms with Gasteiger partial charge in [0.05, 0.1) is 42.7 Å². The van der Waals surface area contributed by atoms with Crippen molar-refractivity contribution in [2.24, 2.45) is 17.1 Å². The van der Waals surface area contributed by atoms with Gasteiger partial charge in [0.2, 0.25) is 0 Å². The number of nitrogens with two attached hydrogens (primary N) is 1. The van der Waals surface area contributed by atoms with Gasteiger partial charge in [-0.2, -0.15) is 15.8 Å². The van der Waals surface area contributed by atoms with Crippen molar-refractivity contribution in [2.75, 3.05) is 26.3 Å². The lowest BCUT2D eigenvalue weighted by molar-refractivity contribution is 0.0499. The Bertz CT molecular complexity index is 665. The third-order valence-electron chi connectivity index (χ3n) is 4.90. The van der Waals surface area contributed by atoms with Gasteiger partial charge in [0.25, 0.3) is 0 Å². The van der Waals surface area contributed by atoms with E-state index >= 15 is 0 Å². The van der Waals surface area contributed by atoms with Crippen LogP contribution < -0.4 is 5.73 Å². The third kappa shape index (κ3) is 1.80. The summed E-state index contributed by atoms with van der Waals surface area (Å²) in [7, 11) is 0. The number of nitrogens with zero attached hydrogens (tertiary/aromatic N) is 4. The van der Waals surface area contributed by atoms with Crippen molar-refractivity contribution in [3.63, 3.8) is 0 Å². The van der Waals surface area contributed by atoms with E-state index in [2.05, 4.69) is 17.0 Å². The lowest BCUT2D eigenvalue weighted by Crippen LogP contribution is -2.39. The van der Waals surface area contributed by atoms with Crippen LogP contribution in [0, 0.1) is 45.3 Å². The number of ether oxygens (including phenoxy) is 1. The maximum absolute atomic E-state index is 9.60. The fourth-order valence-corrected chi connectivity index (χ4v) is 3.85. The molecule has 0 spiro atoms. The molecule has 0 amide bonds. The smallest absolute Gasteiger partial charge is 0.187 e. The Kier molecular flexibility index (Phi) is 3.53. The molecule has 1 heterocycles. The van der Waals surface area contributed by atoms with E-state index in [1.807, 2.05) is 6.07 Å². The minimum Gasteiger partial charge on any atom is -0.398 e. The molecule has 1 fully saturated rings. The molecule has 6 nitrogen and oxygen atoms in total. The van der Waals surface area contributed by atoms with Gasteiger partial charge in [0.1, 0.15) is 0 Å². The number of morpholine rings is 1. The summed E-state index contributed by atoms with van der Waals surface area (Å²) >= 11 is 0. The predicted octanol–water partition coefficient (Wildman–Crippen LogP) is 1.16. The molecule has 0 unspecified atom stereocenters. The van der Waals surface area contributed by atoms with Gasteiger partial charge >= 0.3 is 0 Å². The summed E-state index contributed by atoms with van der Waals surface area (Å²) in [4.78, 5) is 2.23. The summed E-state index contributed by atoms with van der Waals surface area (Å²) in [6, 6.07) is 6.18. The van der Waals surface area contributed by atoms with Crippen molar-refractivity contribution in [2.45, 2.75) is 19.3 Å². The van der Waals surface area contributed by atoms with E-state index in [4.69, 9.17) is 10.5 Å². The lowest BCUT2D eigenvalue weighted by Gasteiger charge is -2.37. The SMILES string of the molecule is N#CC1=C(N)C2=C(N3CCOCC3)CCC[C@@H]2C1(C#N)C#N. The van der Waals surface area contributed by atoms with Crippen LogP contribution in [0.1, 0.15) is 19.3 Å². The highest BCUT2D eigenvalue weighted by Crippen LogP contribution is 2.54. The van der Waals surface area contributed by atoms with Crippen LogP contribution in [0.25, 0.3) is 0 Å². The van der Waals surface area contributed by atoms with Gasteiger partial charge in [-0.3, -0.25) is 0 Å². The predicted molar refractivity (Wildman–Crippen MR) is 77.2 cm³/mol. The van der Waals surface area contributed by atoms with Crippen molar-refractivity contribution < 1.29 is 4.74 Å². The molecular formula is C16H17N5O.